The summed E-state index contributed by atoms with van der Waals surface area (Å²) in [6, 6.07) is 22.1. The van der Waals surface area contributed by atoms with Crippen LogP contribution in [0.4, 0.5) is 11.4 Å². The molecule has 0 radical (unpaired) electrons. The number of hydrogen-bond acceptors (Lipinski definition) is 6. The van der Waals surface area contributed by atoms with Gasteiger partial charge in [0.1, 0.15) is 36.2 Å². The first kappa shape index (κ1) is 21.8. The summed E-state index contributed by atoms with van der Waals surface area (Å²) in [7, 11) is 3.16. The Balaban J connectivity index is 1.42. The zero-order valence-electron chi connectivity index (χ0n) is 17.6. The van der Waals surface area contributed by atoms with Gasteiger partial charge in [-0.25, -0.2) is 0 Å². The number of amides is 1. The lowest BCUT2D eigenvalue weighted by atomic mass is 10.2. The second-order valence-electron chi connectivity index (χ2n) is 6.50. The Morgan fingerprint density at radius 3 is 2.06 bits per heavy atom. The van der Waals surface area contributed by atoms with Crippen LogP contribution in [0.3, 0.4) is 0 Å². The lowest BCUT2D eigenvalue weighted by Gasteiger charge is -2.13. The number of carbonyl (C=O) groups is 1. The molecule has 0 aliphatic heterocycles. The van der Waals surface area contributed by atoms with Gasteiger partial charge in [0, 0.05) is 11.8 Å². The number of ether oxygens (including phenoxy) is 4. The van der Waals surface area contributed by atoms with E-state index in [1.165, 1.54) is 0 Å². The van der Waals surface area contributed by atoms with Crippen molar-refractivity contribution in [2.75, 3.05) is 44.6 Å². The number of hydrogen-bond donors (Lipinski definition) is 2. The van der Waals surface area contributed by atoms with Crippen LogP contribution in [0.2, 0.25) is 0 Å². The summed E-state index contributed by atoms with van der Waals surface area (Å²) in [5.74, 6) is 2.63. The second kappa shape index (κ2) is 11.3. The van der Waals surface area contributed by atoms with E-state index in [9.17, 15) is 4.79 Å². The Labute approximate surface area is 181 Å². The first-order valence-corrected chi connectivity index (χ1v) is 9.84. The minimum Gasteiger partial charge on any atom is -0.497 e. The van der Waals surface area contributed by atoms with E-state index in [4.69, 9.17) is 18.9 Å². The lowest BCUT2D eigenvalue weighted by molar-refractivity contribution is -0.114. The highest BCUT2D eigenvalue weighted by Crippen LogP contribution is 2.28. The third kappa shape index (κ3) is 6.85. The first-order valence-electron chi connectivity index (χ1n) is 9.84. The smallest absolute Gasteiger partial charge is 0.243 e. The van der Waals surface area contributed by atoms with Gasteiger partial charge in [-0.1, -0.05) is 18.2 Å². The van der Waals surface area contributed by atoms with Crippen LogP contribution in [-0.4, -0.2) is 39.9 Å². The minimum absolute atomic E-state index is 0.0819. The third-order valence-corrected chi connectivity index (χ3v) is 4.35. The van der Waals surface area contributed by atoms with E-state index in [1.807, 2.05) is 30.3 Å². The van der Waals surface area contributed by atoms with Crippen LogP contribution in [0.1, 0.15) is 0 Å². The lowest BCUT2D eigenvalue weighted by Crippen LogP contribution is -2.22. The molecule has 31 heavy (non-hydrogen) atoms. The molecule has 2 N–H and O–H groups in total. The quantitative estimate of drug-likeness (QED) is 0.451. The number of methoxy groups -OCH3 is 2. The van der Waals surface area contributed by atoms with Crippen LogP contribution in [0.15, 0.2) is 72.8 Å². The van der Waals surface area contributed by atoms with Crippen LogP contribution >= 0.6 is 0 Å². The fourth-order valence-corrected chi connectivity index (χ4v) is 2.80. The summed E-state index contributed by atoms with van der Waals surface area (Å²) >= 11 is 0. The summed E-state index contributed by atoms with van der Waals surface area (Å²) in [6.45, 7) is 0.952. The van der Waals surface area contributed by atoms with Gasteiger partial charge in [0.05, 0.1) is 26.5 Å². The Kier molecular flexibility index (Phi) is 7.99. The molecule has 0 heterocycles. The molecule has 3 rings (SSSR count). The Morgan fingerprint density at radius 1 is 0.774 bits per heavy atom. The van der Waals surface area contributed by atoms with Gasteiger partial charge >= 0.3 is 0 Å². The molecule has 0 unspecified atom stereocenters. The molecule has 0 fully saturated rings. The minimum atomic E-state index is -0.185. The van der Waals surface area contributed by atoms with Crippen molar-refractivity contribution in [3.8, 4) is 23.0 Å². The van der Waals surface area contributed by atoms with E-state index in [-0.39, 0.29) is 12.5 Å². The molecule has 0 aliphatic rings. The average molecular weight is 422 g/mol. The standard InChI is InChI=1S/C24H26N2O5/c1-28-21-12-13-23(29-2)22(16-21)25-17-24(27)26-18-8-10-20(11-9-18)31-15-14-30-19-6-4-3-5-7-19/h3-13,16,25H,14-15,17H2,1-2H3,(H,26,27). The molecule has 0 aromatic heterocycles. The molecule has 7 nitrogen and oxygen atoms in total. The van der Waals surface area contributed by atoms with Gasteiger partial charge in [-0.2, -0.15) is 0 Å². The largest absolute Gasteiger partial charge is 0.497 e. The van der Waals surface area contributed by atoms with Crippen LogP contribution in [-0.2, 0) is 4.79 Å². The number of nitrogens with one attached hydrogen (secondary N) is 2. The highest BCUT2D eigenvalue weighted by atomic mass is 16.5. The molecule has 0 saturated carbocycles. The topological polar surface area (TPSA) is 78.1 Å². The zero-order chi connectivity index (χ0) is 21.9. The fraction of sp³-hybridized carbons (Fsp3) is 0.208. The van der Waals surface area contributed by atoms with Gasteiger partial charge in [0.15, 0.2) is 0 Å². The highest BCUT2D eigenvalue weighted by Gasteiger charge is 2.08. The monoisotopic (exact) mass is 422 g/mol. The molecular formula is C24H26N2O5. The zero-order valence-corrected chi connectivity index (χ0v) is 17.6. The van der Waals surface area contributed by atoms with Crippen LogP contribution < -0.4 is 29.6 Å². The van der Waals surface area contributed by atoms with Crippen molar-refractivity contribution in [2.45, 2.75) is 0 Å². The molecule has 0 bridgehead atoms. The molecule has 0 saturated heterocycles. The van der Waals surface area contributed by atoms with Crippen molar-refractivity contribution < 1.29 is 23.7 Å². The molecule has 162 valence electrons. The van der Waals surface area contributed by atoms with Gasteiger partial charge < -0.3 is 29.6 Å². The van der Waals surface area contributed by atoms with Gasteiger partial charge in [-0.05, 0) is 48.5 Å². The molecule has 1 amide bonds. The predicted octanol–water partition coefficient (Wildman–Crippen LogP) is 4.21. The van der Waals surface area contributed by atoms with Crippen LogP contribution in [0.25, 0.3) is 0 Å². The van der Waals surface area contributed by atoms with E-state index >= 15 is 0 Å². The van der Waals surface area contributed by atoms with E-state index < -0.39 is 0 Å². The van der Waals surface area contributed by atoms with Crippen molar-refractivity contribution in [1.82, 2.24) is 0 Å². The number of benzene rings is 3. The molecule has 3 aromatic rings. The van der Waals surface area contributed by atoms with Crippen molar-refractivity contribution in [1.29, 1.82) is 0 Å². The van der Waals surface area contributed by atoms with E-state index in [1.54, 1.807) is 56.7 Å². The molecular weight excluding hydrogens is 396 g/mol. The number of rotatable bonds is 11. The van der Waals surface area contributed by atoms with Gasteiger partial charge in [0.2, 0.25) is 5.91 Å². The molecule has 7 heteroatoms. The maximum Gasteiger partial charge on any atom is 0.243 e. The Morgan fingerprint density at radius 2 is 1.42 bits per heavy atom. The number of para-hydroxylation sites is 1. The Bertz CT molecular complexity index is 961. The summed E-state index contributed by atoms with van der Waals surface area (Å²) in [6.07, 6.45) is 0. The SMILES string of the molecule is COc1ccc(OC)c(NCC(=O)Nc2ccc(OCCOc3ccccc3)cc2)c1. The number of carbonyl (C=O) groups excluding carboxylic acids is 1. The summed E-state index contributed by atoms with van der Waals surface area (Å²) in [4.78, 5) is 12.3. The number of anilines is 2. The third-order valence-electron chi connectivity index (χ3n) is 4.35. The molecule has 3 aromatic carbocycles. The first-order chi connectivity index (χ1) is 15.2. The summed E-state index contributed by atoms with van der Waals surface area (Å²) in [5, 5.41) is 5.90. The van der Waals surface area contributed by atoms with Crippen LogP contribution in [0, 0.1) is 0 Å². The highest BCUT2D eigenvalue weighted by molar-refractivity contribution is 5.94. The van der Waals surface area contributed by atoms with Crippen molar-refractivity contribution >= 4 is 17.3 Å². The van der Waals surface area contributed by atoms with Gasteiger partial charge in [0.25, 0.3) is 0 Å². The van der Waals surface area contributed by atoms with Gasteiger partial charge in [-0.15, -0.1) is 0 Å². The van der Waals surface area contributed by atoms with E-state index in [2.05, 4.69) is 10.6 Å². The average Bonchev–Trinajstić information content (AvgIpc) is 2.82. The van der Waals surface area contributed by atoms with Crippen molar-refractivity contribution in [2.24, 2.45) is 0 Å². The fourth-order valence-electron chi connectivity index (χ4n) is 2.80. The van der Waals surface area contributed by atoms with Gasteiger partial charge in [-0.3, -0.25) is 4.79 Å². The summed E-state index contributed by atoms with van der Waals surface area (Å²) < 4.78 is 21.8. The Hall–Kier alpha value is -3.87. The maximum atomic E-state index is 12.3. The van der Waals surface area contributed by atoms with Crippen LogP contribution in [0.5, 0.6) is 23.0 Å². The van der Waals surface area contributed by atoms with Crippen molar-refractivity contribution in [3.05, 3.63) is 72.8 Å². The van der Waals surface area contributed by atoms with E-state index in [0.717, 1.165) is 5.75 Å². The van der Waals surface area contributed by atoms with E-state index in [0.29, 0.717) is 41.8 Å². The molecule has 0 spiro atoms. The summed E-state index contributed by atoms with van der Waals surface area (Å²) in [5.41, 5.74) is 1.36. The molecule has 0 atom stereocenters. The second-order valence-corrected chi connectivity index (χ2v) is 6.50. The molecule has 0 aliphatic carbocycles. The van der Waals surface area contributed by atoms with Crippen molar-refractivity contribution in [3.63, 3.8) is 0 Å². The maximum absolute atomic E-state index is 12.3. The normalized spacial score (nSPS) is 10.1. The predicted molar refractivity (Wildman–Crippen MR) is 121 cm³/mol.